The minimum Gasteiger partial charge on any atom is -1.00 e. The van der Waals surface area contributed by atoms with Gasteiger partial charge in [0.1, 0.15) is 0 Å². The van der Waals surface area contributed by atoms with Crippen molar-refractivity contribution in [2.24, 2.45) is 0 Å². The lowest BCUT2D eigenvalue weighted by molar-refractivity contribution is -0.00000383. The number of rotatable bonds is 3. The predicted molar refractivity (Wildman–Crippen MR) is 107 cm³/mol. The Morgan fingerprint density at radius 1 is 0.500 bits per heavy atom. The zero-order valence-electron chi connectivity index (χ0n) is 11.5. The van der Waals surface area contributed by atoms with Crippen molar-refractivity contribution in [3.05, 3.63) is 86.0 Å². The SMILES string of the molecule is Ic1ccc([S+](c2ccccc2)c2ccc(I)cc2)cc1.[Br-]. The summed E-state index contributed by atoms with van der Waals surface area (Å²) in [6, 6.07) is 28.5. The Balaban J connectivity index is 0.00000176. The number of hydrogen-bond acceptors (Lipinski definition) is 0. The molecule has 0 N–H and O–H groups in total. The van der Waals surface area contributed by atoms with Gasteiger partial charge >= 0.3 is 0 Å². The van der Waals surface area contributed by atoms with Gasteiger partial charge < -0.3 is 17.0 Å². The largest absolute Gasteiger partial charge is 1.00 e. The van der Waals surface area contributed by atoms with Crippen molar-refractivity contribution in [3.63, 3.8) is 0 Å². The first-order valence-corrected chi connectivity index (χ1v) is 9.93. The van der Waals surface area contributed by atoms with Gasteiger partial charge in [-0.15, -0.1) is 0 Å². The second-order valence-corrected chi connectivity index (χ2v) is 9.04. The maximum Gasteiger partial charge on any atom is 0.166 e. The lowest BCUT2D eigenvalue weighted by Crippen LogP contribution is -3.00. The van der Waals surface area contributed by atoms with E-state index in [1.54, 1.807) is 0 Å². The fraction of sp³-hybridized carbons (Fsp3) is 0. The highest BCUT2D eigenvalue weighted by atomic mass is 127. The topological polar surface area (TPSA) is 0 Å². The third-order valence-corrected chi connectivity index (χ3v) is 6.75. The molecule has 0 aliphatic carbocycles. The van der Waals surface area contributed by atoms with Gasteiger partial charge in [-0.3, -0.25) is 0 Å². The summed E-state index contributed by atoms with van der Waals surface area (Å²) >= 11 is 4.71. The van der Waals surface area contributed by atoms with Crippen molar-refractivity contribution in [2.75, 3.05) is 0 Å². The van der Waals surface area contributed by atoms with Gasteiger partial charge in [-0.2, -0.15) is 0 Å². The predicted octanol–water partition coefficient (Wildman–Crippen LogP) is 3.00. The summed E-state index contributed by atoms with van der Waals surface area (Å²) in [7, 11) is -0.0378. The van der Waals surface area contributed by atoms with E-state index in [1.165, 1.54) is 21.8 Å². The fourth-order valence-corrected chi connectivity index (χ4v) is 4.89. The number of benzene rings is 3. The minimum atomic E-state index is -0.0378. The van der Waals surface area contributed by atoms with Gasteiger partial charge in [0.25, 0.3) is 0 Å². The fourth-order valence-electron chi connectivity index (χ4n) is 2.11. The van der Waals surface area contributed by atoms with Crippen LogP contribution in [0.3, 0.4) is 0 Å². The van der Waals surface area contributed by atoms with Gasteiger partial charge in [0.05, 0.1) is 10.9 Å². The van der Waals surface area contributed by atoms with Gasteiger partial charge in [0.15, 0.2) is 14.7 Å². The molecular formula is C18H13BrI2S. The summed E-state index contributed by atoms with van der Waals surface area (Å²) < 4.78 is 2.55. The van der Waals surface area contributed by atoms with Crippen LogP contribution in [0.2, 0.25) is 0 Å². The van der Waals surface area contributed by atoms with E-state index >= 15 is 0 Å². The quantitative estimate of drug-likeness (QED) is 0.323. The summed E-state index contributed by atoms with van der Waals surface area (Å²) in [5.41, 5.74) is 0. The smallest absolute Gasteiger partial charge is 0.166 e. The number of hydrogen-bond donors (Lipinski definition) is 0. The van der Waals surface area contributed by atoms with Crippen LogP contribution in [-0.2, 0) is 10.9 Å². The van der Waals surface area contributed by atoms with Crippen molar-refractivity contribution >= 4 is 56.1 Å². The molecule has 4 heteroatoms. The maximum atomic E-state index is 2.36. The van der Waals surface area contributed by atoms with E-state index in [1.807, 2.05) is 0 Å². The minimum absolute atomic E-state index is 0. The molecule has 0 saturated heterocycles. The van der Waals surface area contributed by atoms with Crippen molar-refractivity contribution in [1.82, 2.24) is 0 Å². The van der Waals surface area contributed by atoms with E-state index < -0.39 is 0 Å². The van der Waals surface area contributed by atoms with Gasteiger partial charge in [0.2, 0.25) is 0 Å². The van der Waals surface area contributed by atoms with E-state index in [0.29, 0.717) is 0 Å². The molecule has 0 aliphatic rings. The molecule has 0 nitrogen and oxygen atoms in total. The van der Waals surface area contributed by atoms with Crippen molar-refractivity contribution in [1.29, 1.82) is 0 Å². The molecule has 0 aromatic heterocycles. The number of halogens is 3. The summed E-state index contributed by atoms with van der Waals surface area (Å²) in [6.07, 6.45) is 0. The van der Waals surface area contributed by atoms with Crippen LogP contribution in [0.1, 0.15) is 0 Å². The molecule has 3 aromatic carbocycles. The highest BCUT2D eigenvalue weighted by molar-refractivity contribution is 14.1. The molecule has 0 radical (unpaired) electrons. The van der Waals surface area contributed by atoms with E-state index in [4.69, 9.17) is 0 Å². The average molecular weight is 595 g/mol. The Labute approximate surface area is 172 Å². The van der Waals surface area contributed by atoms with Gasteiger partial charge in [0, 0.05) is 7.14 Å². The summed E-state index contributed by atoms with van der Waals surface area (Å²) in [4.78, 5) is 4.09. The van der Waals surface area contributed by atoms with Crippen LogP contribution in [0.4, 0.5) is 0 Å². The summed E-state index contributed by atoms with van der Waals surface area (Å²) in [5.74, 6) is 0. The van der Waals surface area contributed by atoms with E-state index in [-0.39, 0.29) is 27.9 Å². The van der Waals surface area contributed by atoms with Crippen LogP contribution in [0.25, 0.3) is 0 Å². The van der Waals surface area contributed by atoms with Crippen molar-refractivity contribution in [2.45, 2.75) is 14.7 Å². The van der Waals surface area contributed by atoms with Crippen molar-refractivity contribution < 1.29 is 17.0 Å². The van der Waals surface area contributed by atoms with Crippen LogP contribution in [0, 0.1) is 7.14 Å². The molecule has 3 aromatic rings. The first-order valence-electron chi connectivity index (χ1n) is 6.54. The van der Waals surface area contributed by atoms with Gasteiger partial charge in [-0.05, 0) is 106 Å². The molecule has 22 heavy (non-hydrogen) atoms. The van der Waals surface area contributed by atoms with Crippen LogP contribution < -0.4 is 17.0 Å². The molecule has 0 amide bonds. The van der Waals surface area contributed by atoms with Crippen LogP contribution in [0.5, 0.6) is 0 Å². The molecule has 112 valence electrons. The first kappa shape index (κ1) is 18.3. The van der Waals surface area contributed by atoms with E-state index in [0.717, 1.165) is 0 Å². The molecule has 0 heterocycles. The molecule has 0 atom stereocenters. The standard InChI is InChI=1S/C18H13I2S.BrH/c19-14-6-10-17(11-7-14)21(16-4-2-1-3-5-16)18-12-8-15(20)9-13-18;/h1-13H;1H/q+1;/p-1. The molecule has 0 bridgehead atoms. The molecule has 0 unspecified atom stereocenters. The second kappa shape index (κ2) is 8.70. The van der Waals surface area contributed by atoms with Crippen LogP contribution in [-0.4, -0.2) is 0 Å². The lowest BCUT2D eigenvalue weighted by atomic mass is 10.4. The Bertz CT molecular complexity index is 667. The summed E-state index contributed by atoms with van der Waals surface area (Å²) in [5, 5.41) is 0. The first-order chi connectivity index (χ1) is 10.2. The normalized spacial score (nSPS) is 10.3. The highest BCUT2D eigenvalue weighted by Gasteiger charge is 2.28. The second-order valence-electron chi connectivity index (χ2n) is 4.53. The van der Waals surface area contributed by atoms with Crippen LogP contribution >= 0.6 is 45.2 Å². The Kier molecular flexibility index (Phi) is 7.24. The summed E-state index contributed by atoms with van der Waals surface area (Å²) in [6.45, 7) is 0. The zero-order chi connectivity index (χ0) is 14.7. The molecule has 0 spiro atoms. The Hall–Kier alpha value is -0.0500. The lowest BCUT2D eigenvalue weighted by Gasteiger charge is -2.08. The monoisotopic (exact) mass is 594 g/mol. The van der Waals surface area contributed by atoms with E-state index in [9.17, 15) is 0 Å². The van der Waals surface area contributed by atoms with Gasteiger partial charge in [-0.1, -0.05) is 18.2 Å². The Morgan fingerprint density at radius 2 is 0.864 bits per heavy atom. The molecule has 0 aliphatic heterocycles. The average Bonchev–Trinajstić information content (AvgIpc) is 2.52. The Morgan fingerprint density at radius 3 is 1.27 bits per heavy atom. The highest BCUT2D eigenvalue weighted by Crippen LogP contribution is 2.31. The molecular weight excluding hydrogens is 582 g/mol. The maximum absolute atomic E-state index is 2.36. The van der Waals surface area contributed by atoms with Crippen LogP contribution in [0.15, 0.2) is 93.5 Å². The zero-order valence-corrected chi connectivity index (χ0v) is 18.3. The molecule has 3 rings (SSSR count). The van der Waals surface area contributed by atoms with Crippen molar-refractivity contribution in [3.8, 4) is 0 Å². The molecule has 0 fully saturated rings. The van der Waals surface area contributed by atoms with Gasteiger partial charge in [-0.25, -0.2) is 0 Å². The third kappa shape index (κ3) is 4.49. The van der Waals surface area contributed by atoms with E-state index in [2.05, 4.69) is 124 Å². The third-order valence-electron chi connectivity index (χ3n) is 3.08. The molecule has 0 saturated carbocycles.